The molecule has 0 aromatic carbocycles. The van der Waals surface area contributed by atoms with Gasteiger partial charge in [0, 0.05) is 12.6 Å². The van der Waals surface area contributed by atoms with Crippen LogP contribution >= 0.6 is 0 Å². The molecule has 0 spiro atoms. The Kier molecular flexibility index (Phi) is 4.74. The first-order valence-corrected chi connectivity index (χ1v) is 6.11. The summed E-state index contributed by atoms with van der Waals surface area (Å²) in [5, 5.41) is 19.2. The molecule has 4 heteroatoms. The van der Waals surface area contributed by atoms with Crippen molar-refractivity contribution in [1.29, 1.82) is 0 Å². The van der Waals surface area contributed by atoms with Gasteiger partial charge >= 0.3 is 5.97 Å². The molecule has 2 N–H and O–H groups in total. The molecule has 4 nitrogen and oxygen atoms in total. The van der Waals surface area contributed by atoms with Gasteiger partial charge in [0.2, 0.25) is 0 Å². The summed E-state index contributed by atoms with van der Waals surface area (Å²) in [7, 11) is 0. The molecule has 0 amide bonds. The molecule has 0 unspecified atom stereocenters. The molecule has 0 bridgehead atoms. The van der Waals surface area contributed by atoms with Crippen LogP contribution in [0.15, 0.2) is 0 Å². The van der Waals surface area contributed by atoms with Crippen molar-refractivity contribution in [3.8, 4) is 0 Å². The van der Waals surface area contributed by atoms with E-state index in [1.165, 1.54) is 6.42 Å². The summed E-state index contributed by atoms with van der Waals surface area (Å²) >= 11 is 0. The van der Waals surface area contributed by atoms with Gasteiger partial charge in [0.05, 0.1) is 12.1 Å². The largest absolute Gasteiger partial charge is 0.480 e. The molecule has 94 valence electrons. The van der Waals surface area contributed by atoms with Gasteiger partial charge in [0.25, 0.3) is 0 Å². The normalized spacial score (nSPS) is 20.3. The SMILES string of the molecule is CC(C)N(CC(=O)O)CC1(O)CCCCC1. The van der Waals surface area contributed by atoms with Crippen LogP contribution in [0.25, 0.3) is 0 Å². The Balaban J connectivity index is 2.55. The lowest BCUT2D eigenvalue weighted by Gasteiger charge is -2.38. The predicted molar refractivity (Wildman–Crippen MR) is 62.4 cm³/mol. The van der Waals surface area contributed by atoms with Gasteiger partial charge in [0.15, 0.2) is 0 Å². The van der Waals surface area contributed by atoms with Crippen LogP contribution in [0.1, 0.15) is 46.0 Å². The van der Waals surface area contributed by atoms with Crippen LogP contribution in [0.3, 0.4) is 0 Å². The molecule has 1 aliphatic rings. The van der Waals surface area contributed by atoms with E-state index in [0.29, 0.717) is 6.54 Å². The average Bonchev–Trinajstić information content (AvgIpc) is 2.16. The van der Waals surface area contributed by atoms with Gasteiger partial charge in [-0.3, -0.25) is 9.69 Å². The highest BCUT2D eigenvalue weighted by Crippen LogP contribution is 2.29. The molecule has 0 aliphatic heterocycles. The Morgan fingerprint density at radius 1 is 1.31 bits per heavy atom. The Labute approximate surface area is 97.3 Å². The molecular formula is C12H23NO3. The van der Waals surface area contributed by atoms with Gasteiger partial charge in [-0.15, -0.1) is 0 Å². The third kappa shape index (κ3) is 4.10. The predicted octanol–water partition coefficient (Wildman–Crippen LogP) is 1.48. The smallest absolute Gasteiger partial charge is 0.317 e. The standard InChI is InChI=1S/C12H23NO3/c1-10(2)13(8-11(14)15)9-12(16)6-4-3-5-7-12/h10,16H,3-9H2,1-2H3,(H,14,15). The Morgan fingerprint density at radius 2 is 1.88 bits per heavy atom. The zero-order chi connectivity index (χ0) is 12.2. The lowest BCUT2D eigenvalue weighted by atomic mass is 9.84. The summed E-state index contributed by atoms with van der Waals surface area (Å²) < 4.78 is 0. The summed E-state index contributed by atoms with van der Waals surface area (Å²) in [5.74, 6) is -0.826. The molecule has 1 rings (SSSR count). The zero-order valence-electron chi connectivity index (χ0n) is 10.3. The third-order valence-electron chi connectivity index (χ3n) is 3.35. The second-order valence-electron chi connectivity index (χ2n) is 5.18. The van der Waals surface area contributed by atoms with E-state index in [9.17, 15) is 9.90 Å². The van der Waals surface area contributed by atoms with Crippen molar-refractivity contribution >= 4 is 5.97 Å². The maximum absolute atomic E-state index is 10.7. The molecule has 0 saturated heterocycles. The molecule has 16 heavy (non-hydrogen) atoms. The number of carboxylic acids is 1. The molecule has 1 aliphatic carbocycles. The Bertz CT molecular complexity index is 234. The molecule has 0 aromatic heterocycles. The quantitative estimate of drug-likeness (QED) is 0.749. The van der Waals surface area contributed by atoms with Gasteiger partial charge in [-0.1, -0.05) is 19.3 Å². The van der Waals surface area contributed by atoms with E-state index in [1.807, 2.05) is 18.7 Å². The molecule has 1 saturated carbocycles. The van der Waals surface area contributed by atoms with Gasteiger partial charge in [-0.05, 0) is 26.7 Å². The highest BCUT2D eigenvalue weighted by atomic mass is 16.4. The maximum atomic E-state index is 10.7. The summed E-state index contributed by atoms with van der Waals surface area (Å²) in [4.78, 5) is 12.6. The minimum atomic E-state index is -0.826. The number of carboxylic acid groups (broad SMARTS) is 1. The molecule has 0 atom stereocenters. The highest BCUT2D eigenvalue weighted by molar-refractivity contribution is 5.69. The number of hydrogen-bond acceptors (Lipinski definition) is 3. The van der Waals surface area contributed by atoms with E-state index < -0.39 is 11.6 Å². The van der Waals surface area contributed by atoms with E-state index in [2.05, 4.69) is 0 Å². The van der Waals surface area contributed by atoms with E-state index in [4.69, 9.17) is 5.11 Å². The summed E-state index contributed by atoms with van der Waals surface area (Å²) in [5.41, 5.74) is -0.669. The number of aliphatic carboxylic acids is 1. The third-order valence-corrected chi connectivity index (χ3v) is 3.35. The van der Waals surface area contributed by atoms with Crippen LogP contribution in [-0.4, -0.2) is 45.8 Å². The number of nitrogens with zero attached hydrogens (tertiary/aromatic N) is 1. The monoisotopic (exact) mass is 229 g/mol. The minimum absolute atomic E-state index is 0.0139. The van der Waals surface area contributed by atoms with Crippen molar-refractivity contribution in [3.63, 3.8) is 0 Å². The minimum Gasteiger partial charge on any atom is -0.480 e. The number of hydrogen-bond donors (Lipinski definition) is 2. The van der Waals surface area contributed by atoms with E-state index in [1.54, 1.807) is 0 Å². The van der Waals surface area contributed by atoms with E-state index in [-0.39, 0.29) is 12.6 Å². The topological polar surface area (TPSA) is 60.8 Å². The van der Waals surface area contributed by atoms with Crippen molar-refractivity contribution in [1.82, 2.24) is 4.90 Å². The number of aliphatic hydroxyl groups is 1. The molecule has 0 heterocycles. The summed E-state index contributed by atoms with van der Waals surface area (Å²) in [6, 6.07) is 0.155. The lowest BCUT2D eigenvalue weighted by molar-refractivity contribution is -0.140. The van der Waals surface area contributed by atoms with E-state index >= 15 is 0 Å². The van der Waals surface area contributed by atoms with Crippen LogP contribution in [0, 0.1) is 0 Å². The fraction of sp³-hybridized carbons (Fsp3) is 0.917. The number of rotatable bonds is 5. The van der Waals surface area contributed by atoms with E-state index in [0.717, 1.165) is 25.7 Å². The lowest BCUT2D eigenvalue weighted by Crippen LogP contribution is -2.48. The van der Waals surface area contributed by atoms with Crippen LogP contribution < -0.4 is 0 Å². The second-order valence-corrected chi connectivity index (χ2v) is 5.18. The fourth-order valence-corrected chi connectivity index (χ4v) is 2.34. The first-order valence-electron chi connectivity index (χ1n) is 6.11. The Morgan fingerprint density at radius 3 is 2.31 bits per heavy atom. The summed E-state index contributed by atoms with van der Waals surface area (Å²) in [6.07, 6.45) is 4.89. The van der Waals surface area contributed by atoms with Crippen molar-refractivity contribution in [2.75, 3.05) is 13.1 Å². The van der Waals surface area contributed by atoms with Crippen LogP contribution in [0.5, 0.6) is 0 Å². The maximum Gasteiger partial charge on any atom is 0.317 e. The number of carbonyl (C=O) groups is 1. The van der Waals surface area contributed by atoms with Crippen LogP contribution in [0.4, 0.5) is 0 Å². The van der Waals surface area contributed by atoms with Crippen molar-refractivity contribution in [2.24, 2.45) is 0 Å². The highest BCUT2D eigenvalue weighted by Gasteiger charge is 2.32. The molecule has 0 aromatic rings. The summed E-state index contributed by atoms with van der Waals surface area (Å²) in [6.45, 7) is 4.43. The first kappa shape index (κ1) is 13.5. The molecule has 1 fully saturated rings. The van der Waals surface area contributed by atoms with Gasteiger partial charge < -0.3 is 10.2 Å². The van der Waals surface area contributed by atoms with Crippen molar-refractivity contribution in [3.05, 3.63) is 0 Å². The first-order chi connectivity index (χ1) is 7.43. The molecular weight excluding hydrogens is 206 g/mol. The van der Waals surface area contributed by atoms with Crippen molar-refractivity contribution < 1.29 is 15.0 Å². The zero-order valence-corrected chi connectivity index (χ0v) is 10.3. The second kappa shape index (κ2) is 5.64. The average molecular weight is 229 g/mol. The van der Waals surface area contributed by atoms with Gasteiger partial charge in [0.1, 0.15) is 0 Å². The van der Waals surface area contributed by atoms with Gasteiger partial charge in [-0.25, -0.2) is 0 Å². The van der Waals surface area contributed by atoms with Crippen LogP contribution in [-0.2, 0) is 4.79 Å². The Hall–Kier alpha value is -0.610. The molecule has 0 radical (unpaired) electrons. The fourth-order valence-electron chi connectivity index (χ4n) is 2.34. The van der Waals surface area contributed by atoms with Crippen molar-refractivity contribution in [2.45, 2.75) is 57.6 Å². The van der Waals surface area contributed by atoms with Gasteiger partial charge in [-0.2, -0.15) is 0 Å². The van der Waals surface area contributed by atoms with Crippen LogP contribution in [0.2, 0.25) is 0 Å².